The normalized spacial score (nSPS) is 32.5. The molecule has 2 fully saturated rings. The van der Waals surface area contributed by atoms with Crippen LogP contribution in [0.4, 0.5) is 0 Å². The molecule has 0 aromatic heterocycles. The van der Waals surface area contributed by atoms with E-state index in [4.69, 9.17) is 4.74 Å². The topological polar surface area (TPSA) is 67.4 Å². The van der Waals surface area contributed by atoms with Gasteiger partial charge in [0.25, 0.3) is 0 Å². The maximum atomic E-state index is 12.2. The second-order valence-electron chi connectivity index (χ2n) is 5.05. The zero-order valence-corrected chi connectivity index (χ0v) is 11.1. The average molecular weight is 262 g/mol. The van der Waals surface area contributed by atoms with Gasteiger partial charge in [-0.15, -0.1) is 0 Å². The molecule has 17 heavy (non-hydrogen) atoms. The standard InChI is InChI=1S/C11H22N2O3S/c1-9-8-10(2-5-12-9)13-17(14,15)11-3-6-16-7-4-11/h9-13H,2-8H2,1H3. The Labute approximate surface area is 103 Å². The Bertz CT molecular complexity index is 339. The summed E-state index contributed by atoms with van der Waals surface area (Å²) in [5.74, 6) is 0. The van der Waals surface area contributed by atoms with Gasteiger partial charge in [-0.1, -0.05) is 0 Å². The molecule has 0 aliphatic carbocycles. The molecule has 2 heterocycles. The van der Waals surface area contributed by atoms with E-state index in [1.807, 2.05) is 0 Å². The van der Waals surface area contributed by atoms with Gasteiger partial charge >= 0.3 is 0 Å². The van der Waals surface area contributed by atoms with Crippen LogP contribution in [0, 0.1) is 0 Å². The highest BCUT2D eigenvalue weighted by Gasteiger charge is 2.31. The van der Waals surface area contributed by atoms with Gasteiger partial charge in [-0.3, -0.25) is 0 Å². The number of nitrogens with one attached hydrogen (secondary N) is 2. The van der Waals surface area contributed by atoms with Crippen molar-refractivity contribution >= 4 is 10.0 Å². The Hall–Kier alpha value is -0.170. The fraction of sp³-hybridized carbons (Fsp3) is 1.00. The summed E-state index contributed by atoms with van der Waals surface area (Å²) >= 11 is 0. The van der Waals surface area contributed by atoms with Crippen LogP contribution in [0.1, 0.15) is 32.6 Å². The van der Waals surface area contributed by atoms with Gasteiger partial charge in [-0.05, 0) is 39.2 Å². The maximum Gasteiger partial charge on any atom is 0.214 e. The first-order valence-electron chi connectivity index (χ1n) is 6.40. The fourth-order valence-electron chi connectivity index (χ4n) is 2.55. The lowest BCUT2D eigenvalue weighted by Gasteiger charge is -2.30. The summed E-state index contributed by atoms with van der Waals surface area (Å²) in [6.45, 7) is 4.11. The molecule has 0 saturated carbocycles. The van der Waals surface area contributed by atoms with Gasteiger partial charge in [0, 0.05) is 25.3 Å². The Morgan fingerprint density at radius 3 is 2.59 bits per heavy atom. The Kier molecular flexibility index (Phi) is 4.41. The lowest BCUT2D eigenvalue weighted by Crippen LogP contribution is -2.49. The minimum atomic E-state index is -3.16. The first-order chi connectivity index (χ1) is 8.08. The van der Waals surface area contributed by atoms with E-state index in [1.54, 1.807) is 0 Å². The van der Waals surface area contributed by atoms with Gasteiger partial charge in [0.2, 0.25) is 10.0 Å². The highest BCUT2D eigenvalue weighted by molar-refractivity contribution is 7.90. The molecule has 0 amide bonds. The zero-order chi connectivity index (χ0) is 12.3. The average Bonchev–Trinajstić information content (AvgIpc) is 2.29. The van der Waals surface area contributed by atoms with Gasteiger partial charge in [-0.25, -0.2) is 13.1 Å². The smallest absolute Gasteiger partial charge is 0.214 e. The molecule has 2 atom stereocenters. The van der Waals surface area contributed by atoms with Crippen LogP contribution in [0.25, 0.3) is 0 Å². The third-order valence-electron chi connectivity index (χ3n) is 3.56. The third kappa shape index (κ3) is 3.64. The van der Waals surface area contributed by atoms with Crippen LogP contribution in [0.3, 0.4) is 0 Å². The van der Waals surface area contributed by atoms with E-state index in [0.29, 0.717) is 32.1 Å². The molecule has 2 aliphatic rings. The summed E-state index contributed by atoms with van der Waals surface area (Å²) in [6, 6.07) is 0.491. The van der Waals surface area contributed by atoms with Crippen molar-refractivity contribution < 1.29 is 13.2 Å². The number of sulfonamides is 1. The molecule has 2 unspecified atom stereocenters. The van der Waals surface area contributed by atoms with Crippen LogP contribution in [-0.4, -0.2) is 45.5 Å². The number of piperidine rings is 1. The summed E-state index contributed by atoms with van der Waals surface area (Å²) in [7, 11) is -3.16. The molecule has 0 bridgehead atoms. The molecule has 0 aromatic carbocycles. The zero-order valence-electron chi connectivity index (χ0n) is 10.3. The van der Waals surface area contributed by atoms with Crippen LogP contribution in [0.5, 0.6) is 0 Å². The molecule has 2 saturated heterocycles. The fourth-order valence-corrected chi connectivity index (χ4v) is 4.24. The van der Waals surface area contributed by atoms with Crippen molar-refractivity contribution in [2.45, 2.75) is 49.9 Å². The largest absolute Gasteiger partial charge is 0.381 e. The minimum absolute atomic E-state index is 0.0964. The molecule has 2 aliphatic heterocycles. The van der Waals surface area contributed by atoms with E-state index >= 15 is 0 Å². The van der Waals surface area contributed by atoms with Gasteiger partial charge in [0.1, 0.15) is 0 Å². The number of hydrogen-bond acceptors (Lipinski definition) is 4. The number of rotatable bonds is 3. The molecule has 2 rings (SSSR count). The van der Waals surface area contributed by atoms with Gasteiger partial charge in [0.15, 0.2) is 0 Å². The lowest BCUT2D eigenvalue weighted by molar-refractivity contribution is 0.0980. The molecule has 0 spiro atoms. The van der Waals surface area contributed by atoms with Crippen LogP contribution in [0.2, 0.25) is 0 Å². The van der Waals surface area contributed by atoms with E-state index < -0.39 is 10.0 Å². The molecular formula is C11H22N2O3S. The predicted octanol–water partition coefficient (Wildman–Crippen LogP) is 0.225. The lowest BCUT2D eigenvalue weighted by atomic mass is 10.0. The highest BCUT2D eigenvalue weighted by Crippen LogP contribution is 2.17. The predicted molar refractivity (Wildman–Crippen MR) is 66.4 cm³/mol. The molecule has 2 N–H and O–H groups in total. The first-order valence-corrected chi connectivity index (χ1v) is 7.95. The van der Waals surface area contributed by atoms with E-state index in [-0.39, 0.29) is 11.3 Å². The van der Waals surface area contributed by atoms with Crippen LogP contribution >= 0.6 is 0 Å². The maximum absolute atomic E-state index is 12.2. The molecular weight excluding hydrogens is 240 g/mol. The number of hydrogen-bond donors (Lipinski definition) is 2. The summed E-state index contributed by atoms with van der Waals surface area (Å²) in [4.78, 5) is 0. The Morgan fingerprint density at radius 1 is 1.24 bits per heavy atom. The summed E-state index contributed by atoms with van der Waals surface area (Å²) in [5.41, 5.74) is 0. The van der Waals surface area contributed by atoms with Crippen molar-refractivity contribution in [3.8, 4) is 0 Å². The summed E-state index contributed by atoms with van der Waals surface area (Å²) < 4.78 is 32.4. The van der Waals surface area contributed by atoms with Gasteiger partial charge in [-0.2, -0.15) is 0 Å². The molecule has 0 aromatic rings. The van der Waals surface area contributed by atoms with Crippen molar-refractivity contribution in [1.82, 2.24) is 10.0 Å². The Morgan fingerprint density at radius 2 is 1.94 bits per heavy atom. The van der Waals surface area contributed by atoms with Crippen LogP contribution < -0.4 is 10.0 Å². The van der Waals surface area contributed by atoms with Gasteiger partial charge in [0.05, 0.1) is 5.25 Å². The SMILES string of the molecule is CC1CC(NS(=O)(=O)C2CCOCC2)CCN1. The minimum Gasteiger partial charge on any atom is -0.381 e. The first kappa shape index (κ1) is 13.3. The summed E-state index contributed by atoms with van der Waals surface area (Å²) in [5, 5.41) is 3.06. The van der Waals surface area contributed by atoms with Crippen molar-refractivity contribution in [2.24, 2.45) is 0 Å². The van der Waals surface area contributed by atoms with Gasteiger partial charge < -0.3 is 10.1 Å². The van der Waals surface area contributed by atoms with Crippen LogP contribution in [-0.2, 0) is 14.8 Å². The van der Waals surface area contributed by atoms with Crippen molar-refractivity contribution in [2.75, 3.05) is 19.8 Å². The molecule has 6 heteroatoms. The van der Waals surface area contributed by atoms with Crippen molar-refractivity contribution in [3.05, 3.63) is 0 Å². The molecule has 0 radical (unpaired) electrons. The molecule has 5 nitrogen and oxygen atoms in total. The monoisotopic (exact) mass is 262 g/mol. The highest BCUT2D eigenvalue weighted by atomic mass is 32.2. The van der Waals surface area contributed by atoms with Crippen molar-refractivity contribution in [3.63, 3.8) is 0 Å². The van der Waals surface area contributed by atoms with Crippen molar-refractivity contribution in [1.29, 1.82) is 0 Å². The third-order valence-corrected chi connectivity index (χ3v) is 5.57. The quantitative estimate of drug-likeness (QED) is 0.764. The van der Waals surface area contributed by atoms with E-state index in [1.165, 1.54) is 0 Å². The second kappa shape index (κ2) is 5.65. The van der Waals surface area contributed by atoms with E-state index in [2.05, 4.69) is 17.0 Å². The van der Waals surface area contributed by atoms with E-state index in [0.717, 1.165) is 19.4 Å². The van der Waals surface area contributed by atoms with E-state index in [9.17, 15) is 8.42 Å². The Balaban J connectivity index is 1.91. The molecule has 100 valence electrons. The summed E-state index contributed by atoms with van der Waals surface area (Å²) in [6.07, 6.45) is 3.00. The second-order valence-corrected chi connectivity index (χ2v) is 7.04. The van der Waals surface area contributed by atoms with Crippen LogP contribution in [0.15, 0.2) is 0 Å². The number of ether oxygens (including phenoxy) is 1.